The van der Waals surface area contributed by atoms with Crippen LogP contribution >= 0.6 is 0 Å². The lowest BCUT2D eigenvalue weighted by Crippen LogP contribution is -2.44. The van der Waals surface area contributed by atoms with Gasteiger partial charge in [0, 0.05) is 31.7 Å². The van der Waals surface area contributed by atoms with Crippen LogP contribution in [0.5, 0.6) is 0 Å². The van der Waals surface area contributed by atoms with Crippen LogP contribution in [0.1, 0.15) is 26.7 Å². The average Bonchev–Trinajstić information content (AvgIpc) is 2.86. The molecule has 1 aromatic rings. The van der Waals surface area contributed by atoms with Crippen LogP contribution in [0.3, 0.4) is 0 Å². The average molecular weight is 288 g/mol. The zero-order valence-electron chi connectivity index (χ0n) is 12.8. The molecule has 0 aliphatic carbocycles. The van der Waals surface area contributed by atoms with Crippen molar-refractivity contribution in [3.8, 4) is 0 Å². The summed E-state index contributed by atoms with van der Waals surface area (Å²) in [5.74, 6) is 0.956. The third-order valence-corrected chi connectivity index (χ3v) is 3.37. The maximum Gasteiger partial charge on any atom is 0.229 e. The molecule has 0 bridgehead atoms. The molecule has 1 heterocycles. The van der Waals surface area contributed by atoms with E-state index < -0.39 is 0 Å². The van der Waals surface area contributed by atoms with Crippen molar-refractivity contribution in [2.45, 2.75) is 32.7 Å². The van der Waals surface area contributed by atoms with Gasteiger partial charge >= 0.3 is 0 Å². The number of anilines is 1. The molecule has 0 radical (unpaired) electrons. The lowest BCUT2D eigenvalue weighted by Gasteiger charge is -2.18. The Bertz CT molecular complexity index is 486. The highest BCUT2D eigenvalue weighted by Crippen LogP contribution is 2.20. The van der Waals surface area contributed by atoms with E-state index in [0.29, 0.717) is 13.0 Å². The van der Waals surface area contributed by atoms with Crippen LogP contribution < -0.4 is 15.5 Å². The second-order valence-electron chi connectivity index (χ2n) is 5.15. The van der Waals surface area contributed by atoms with Gasteiger partial charge in [-0.1, -0.05) is 25.1 Å². The molecule has 5 heteroatoms. The van der Waals surface area contributed by atoms with Crippen LogP contribution in [0.2, 0.25) is 0 Å². The zero-order chi connectivity index (χ0) is 15.1. The first-order valence-electron chi connectivity index (χ1n) is 7.64. The monoisotopic (exact) mass is 288 g/mol. The molecule has 1 aliphatic rings. The summed E-state index contributed by atoms with van der Waals surface area (Å²) in [6.07, 6.45) is 1.52. The van der Waals surface area contributed by atoms with Gasteiger partial charge in [0.15, 0.2) is 5.96 Å². The largest absolute Gasteiger partial charge is 0.357 e. The van der Waals surface area contributed by atoms with Crippen LogP contribution in [0.4, 0.5) is 5.69 Å². The minimum atomic E-state index is 0.104. The number of carbonyl (C=O) groups excluding carboxylic acids is 1. The summed E-state index contributed by atoms with van der Waals surface area (Å²) in [6, 6.07) is 9.91. The summed E-state index contributed by atoms with van der Waals surface area (Å²) in [5, 5.41) is 6.58. The minimum Gasteiger partial charge on any atom is -0.357 e. The molecule has 2 N–H and O–H groups in total. The molecule has 1 aliphatic heterocycles. The second kappa shape index (κ2) is 7.67. The number of hydrogen-bond donors (Lipinski definition) is 2. The smallest absolute Gasteiger partial charge is 0.229 e. The normalized spacial score (nSPS) is 19.0. The number of guanidine groups is 1. The highest BCUT2D eigenvalue weighted by Gasteiger charge is 2.30. The van der Waals surface area contributed by atoms with E-state index in [1.54, 1.807) is 0 Å². The van der Waals surface area contributed by atoms with Gasteiger partial charge in [-0.2, -0.15) is 0 Å². The van der Waals surface area contributed by atoms with Crippen LogP contribution in [0.15, 0.2) is 35.3 Å². The molecule has 1 aromatic carbocycles. The van der Waals surface area contributed by atoms with Crippen molar-refractivity contribution in [1.82, 2.24) is 10.6 Å². The van der Waals surface area contributed by atoms with E-state index in [1.807, 2.05) is 42.2 Å². The van der Waals surface area contributed by atoms with E-state index in [-0.39, 0.29) is 11.9 Å². The quantitative estimate of drug-likeness (QED) is 0.641. The number of nitrogens with zero attached hydrogens (tertiary/aromatic N) is 2. The Kier molecular flexibility index (Phi) is 5.60. The van der Waals surface area contributed by atoms with Gasteiger partial charge in [-0.25, -0.2) is 0 Å². The van der Waals surface area contributed by atoms with E-state index in [4.69, 9.17) is 0 Å². The highest BCUT2D eigenvalue weighted by molar-refractivity contribution is 5.97. The van der Waals surface area contributed by atoms with Gasteiger partial charge in [0.1, 0.15) is 0 Å². The Labute approximate surface area is 126 Å². The summed E-state index contributed by atoms with van der Waals surface area (Å²) in [5.41, 5.74) is 0.960. The third-order valence-electron chi connectivity index (χ3n) is 3.37. The number of aliphatic imine (C=N–C) groups is 1. The molecule has 1 fully saturated rings. The van der Waals surface area contributed by atoms with Gasteiger partial charge in [0.05, 0.1) is 6.04 Å². The molecule has 1 saturated heterocycles. The Morgan fingerprint density at radius 2 is 2.10 bits per heavy atom. The van der Waals surface area contributed by atoms with Crippen LogP contribution in [0.25, 0.3) is 0 Å². The van der Waals surface area contributed by atoms with Crippen molar-refractivity contribution < 1.29 is 4.79 Å². The molecule has 114 valence electrons. The van der Waals surface area contributed by atoms with Gasteiger partial charge in [0.25, 0.3) is 0 Å². The molecule has 1 amide bonds. The lowest BCUT2D eigenvalue weighted by molar-refractivity contribution is -0.117. The fraction of sp³-hybridized carbons (Fsp3) is 0.500. The molecule has 0 spiro atoms. The van der Waals surface area contributed by atoms with Gasteiger partial charge in [-0.05, 0) is 25.5 Å². The summed E-state index contributed by atoms with van der Waals surface area (Å²) >= 11 is 0. The van der Waals surface area contributed by atoms with Crippen molar-refractivity contribution in [3.63, 3.8) is 0 Å². The van der Waals surface area contributed by atoms with Crippen molar-refractivity contribution in [3.05, 3.63) is 30.3 Å². The van der Waals surface area contributed by atoms with E-state index in [9.17, 15) is 4.79 Å². The molecule has 1 unspecified atom stereocenters. The Hall–Kier alpha value is -2.04. The van der Waals surface area contributed by atoms with E-state index in [2.05, 4.69) is 22.5 Å². The first kappa shape index (κ1) is 15.4. The van der Waals surface area contributed by atoms with E-state index in [0.717, 1.165) is 31.2 Å². The van der Waals surface area contributed by atoms with Gasteiger partial charge in [0.2, 0.25) is 5.91 Å². The molecular weight excluding hydrogens is 264 g/mol. The Morgan fingerprint density at radius 3 is 2.76 bits per heavy atom. The van der Waals surface area contributed by atoms with Gasteiger partial charge < -0.3 is 15.5 Å². The van der Waals surface area contributed by atoms with E-state index in [1.165, 1.54) is 0 Å². The predicted octanol–water partition coefficient (Wildman–Crippen LogP) is 1.76. The number of para-hydroxylation sites is 1. The van der Waals surface area contributed by atoms with Gasteiger partial charge in [-0.15, -0.1) is 0 Å². The number of rotatable bonds is 5. The standard InChI is InChI=1S/C16H24N4O/c1-3-10-18-16(17-4-2)19-13-11-15(21)20(12-13)14-8-6-5-7-9-14/h5-9,13H,3-4,10-12H2,1-2H3,(H2,17,18,19). The van der Waals surface area contributed by atoms with Crippen molar-refractivity contribution in [2.75, 3.05) is 24.5 Å². The molecule has 2 rings (SSSR count). The fourth-order valence-electron chi connectivity index (χ4n) is 2.40. The first-order chi connectivity index (χ1) is 10.2. The Balaban J connectivity index is 1.98. The topological polar surface area (TPSA) is 56.7 Å². The van der Waals surface area contributed by atoms with Crippen molar-refractivity contribution in [2.24, 2.45) is 4.99 Å². The molecule has 1 atom stereocenters. The minimum absolute atomic E-state index is 0.104. The Morgan fingerprint density at radius 1 is 1.33 bits per heavy atom. The SMILES string of the molecule is CCCN=C(NCC)NC1CC(=O)N(c2ccccc2)C1. The molecule has 21 heavy (non-hydrogen) atoms. The predicted molar refractivity (Wildman–Crippen MR) is 86.6 cm³/mol. The number of benzene rings is 1. The maximum absolute atomic E-state index is 12.2. The number of carbonyl (C=O) groups is 1. The first-order valence-corrected chi connectivity index (χ1v) is 7.64. The third kappa shape index (κ3) is 4.21. The van der Waals surface area contributed by atoms with Crippen LogP contribution in [-0.2, 0) is 4.79 Å². The van der Waals surface area contributed by atoms with Crippen LogP contribution in [-0.4, -0.2) is 37.5 Å². The molecule has 5 nitrogen and oxygen atoms in total. The lowest BCUT2D eigenvalue weighted by atomic mass is 10.2. The number of nitrogens with one attached hydrogen (secondary N) is 2. The summed E-state index contributed by atoms with van der Waals surface area (Å²) in [4.78, 5) is 18.5. The van der Waals surface area contributed by atoms with Crippen LogP contribution in [0, 0.1) is 0 Å². The summed E-state index contributed by atoms with van der Waals surface area (Å²) in [7, 11) is 0. The number of amides is 1. The zero-order valence-corrected chi connectivity index (χ0v) is 12.8. The summed E-state index contributed by atoms with van der Waals surface area (Å²) < 4.78 is 0. The van der Waals surface area contributed by atoms with Gasteiger partial charge in [-0.3, -0.25) is 9.79 Å². The highest BCUT2D eigenvalue weighted by atomic mass is 16.2. The van der Waals surface area contributed by atoms with E-state index >= 15 is 0 Å². The summed E-state index contributed by atoms with van der Waals surface area (Å²) in [6.45, 7) is 6.43. The molecule has 0 aromatic heterocycles. The van der Waals surface area contributed by atoms with Crippen molar-refractivity contribution >= 4 is 17.6 Å². The molecular formula is C16H24N4O. The maximum atomic E-state index is 12.2. The number of hydrogen-bond acceptors (Lipinski definition) is 2. The fourth-order valence-corrected chi connectivity index (χ4v) is 2.40. The second-order valence-corrected chi connectivity index (χ2v) is 5.15. The van der Waals surface area contributed by atoms with Crippen molar-refractivity contribution in [1.29, 1.82) is 0 Å². The molecule has 0 saturated carbocycles.